The second-order valence-corrected chi connectivity index (χ2v) is 5.24. The highest BCUT2D eigenvalue weighted by Crippen LogP contribution is 2.16. The molecule has 134 valence electrons. The summed E-state index contributed by atoms with van der Waals surface area (Å²) in [4.78, 5) is 34.0. The minimum absolute atomic E-state index is 0.147. The van der Waals surface area contributed by atoms with Gasteiger partial charge in [-0.15, -0.1) is 0 Å². The number of thiocarbonyl (C=S) groups is 1. The number of ether oxygens (including phenoxy) is 1. The molecule has 0 fully saturated rings. The summed E-state index contributed by atoms with van der Waals surface area (Å²) >= 11 is 4.87. The molecule has 0 heterocycles. The standard InChI is InChI=1S/C16H14N4O5S/c21-14(10-25-11-6-2-1-3-7-11)17-16(26)19-18-15(22)12-8-4-5-9-13(12)20(23)24/h1-9H,10H2,(H,18,22)(H2,17,19,21,26). The van der Waals surface area contributed by atoms with Gasteiger partial charge in [-0.1, -0.05) is 30.3 Å². The van der Waals surface area contributed by atoms with E-state index >= 15 is 0 Å². The highest BCUT2D eigenvalue weighted by atomic mass is 32.1. The Bertz CT molecular complexity index is 828. The maximum atomic E-state index is 12.0. The largest absolute Gasteiger partial charge is 0.484 e. The van der Waals surface area contributed by atoms with Gasteiger partial charge in [-0.05, 0) is 30.4 Å². The molecular weight excluding hydrogens is 360 g/mol. The van der Waals surface area contributed by atoms with Gasteiger partial charge in [0.25, 0.3) is 17.5 Å². The van der Waals surface area contributed by atoms with Crippen molar-refractivity contribution < 1.29 is 19.2 Å². The van der Waals surface area contributed by atoms with Crippen LogP contribution in [0.2, 0.25) is 0 Å². The zero-order valence-corrected chi connectivity index (χ0v) is 14.1. The maximum Gasteiger partial charge on any atom is 0.282 e. The molecule has 2 amide bonds. The van der Waals surface area contributed by atoms with Crippen LogP contribution in [0, 0.1) is 10.1 Å². The number of nitro benzene ring substituents is 1. The number of benzene rings is 2. The normalized spacial score (nSPS) is 9.69. The zero-order chi connectivity index (χ0) is 18.9. The lowest BCUT2D eigenvalue weighted by molar-refractivity contribution is -0.385. The number of hydrogen-bond acceptors (Lipinski definition) is 6. The Morgan fingerprint density at radius 2 is 1.69 bits per heavy atom. The third-order valence-corrected chi connectivity index (χ3v) is 3.21. The van der Waals surface area contributed by atoms with Crippen LogP contribution >= 0.6 is 12.2 Å². The van der Waals surface area contributed by atoms with Crippen LogP contribution in [0.1, 0.15) is 10.4 Å². The van der Waals surface area contributed by atoms with Gasteiger partial charge < -0.3 is 4.74 Å². The summed E-state index contributed by atoms with van der Waals surface area (Å²) in [7, 11) is 0. The highest BCUT2D eigenvalue weighted by molar-refractivity contribution is 7.80. The molecule has 0 spiro atoms. The summed E-state index contributed by atoms with van der Waals surface area (Å²) in [6.07, 6.45) is 0. The predicted molar refractivity (Wildman–Crippen MR) is 96.4 cm³/mol. The number of amides is 2. The first kappa shape index (κ1) is 18.8. The quantitative estimate of drug-likeness (QED) is 0.410. The molecule has 0 saturated heterocycles. The molecule has 0 unspecified atom stereocenters. The van der Waals surface area contributed by atoms with Crippen molar-refractivity contribution in [1.29, 1.82) is 0 Å². The number of carbonyl (C=O) groups excluding carboxylic acids is 2. The smallest absolute Gasteiger partial charge is 0.282 e. The summed E-state index contributed by atoms with van der Waals surface area (Å²) in [6.45, 7) is -0.274. The molecule has 2 aromatic rings. The Balaban J connectivity index is 1.80. The lowest BCUT2D eigenvalue weighted by atomic mass is 10.2. The molecule has 3 N–H and O–H groups in total. The second kappa shape index (κ2) is 9.08. The van der Waals surface area contributed by atoms with Gasteiger partial charge in [-0.3, -0.25) is 35.9 Å². The number of hydrazine groups is 1. The fourth-order valence-corrected chi connectivity index (χ4v) is 2.03. The van der Waals surface area contributed by atoms with Crippen molar-refractivity contribution in [2.24, 2.45) is 0 Å². The minimum Gasteiger partial charge on any atom is -0.484 e. The summed E-state index contributed by atoms with van der Waals surface area (Å²) in [5, 5.41) is 13.0. The van der Waals surface area contributed by atoms with Crippen LogP contribution in [-0.4, -0.2) is 28.5 Å². The van der Waals surface area contributed by atoms with Crippen molar-refractivity contribution >= 4 is 34.8 Å². The lowest BCUT2D eigenvalue weighted by Gasteiger charge is -2.11. The molecule has 0 bridgehead atoms. The van der Waals surface area contributed by atoms with Crippen LogP contribution in [0.4, 0.5) is 5.69 Å². The fourth-order valence-electron chi connectivity index (χ4n) is 1.87. The highest BCUT2D eigenvalue weighted by Gasteiger charge is 2.19. The van der Waals surface area contributed by atoms with Gasteiger partial charge in [-0.25, -0.2) is 0 Å². The third-order valence-electron chi connectivity index (χ3n) is 3.00. The Kier molecular flexibility index (Phi) is 6.57. The Morgan fingerprint density at radius 3 is 2.38 bits per heavy atom. The Labute approximate surface area is 153 Å². The number of rotatable bonds is 5. The summed E-state index contributed by atoms with van der Waals surface area (Å²) in [5.74, 6) is -0.785. The number of hydrogen-bond donors (Lipinski definition) is 3. The van der Waals surface area contributed by atoms with Crippen molar-refractivity contribution in [3.63, 3.8) is 0 Å². The van der Waals surface area contributed by atoms with Gasteiger partial charge in [0, 0.05) is 6.07 Å². The summed E-state index contributed by atoms with van der Waals surface area (Å²) in [5.41, 5.74) is 3.99. The summed E-state index contributed by atoms with van der Waals surface area (Å²) < 4.78 is 5.24. The predicted octanol–water partition coefficient (Wildman–Crippen LogP) is 1.31. The molecule has 26 heavy (non-hydrogen) atoms. The van der Waals surface area contributed by atoms with Crippen LogP contribution in [0.5, 0.6) is 5.75 Å². The number of para-hydroxylation sites is 2. The van der Waals surface area contributed by atoms with E-state index in [0.717, 1.165) is 0 Å². The average Bonchev–Trinajstić information content (AvgIpc) is 2.65. The molecule has 0 saturated carbocycles. The average molecular weight is 374 g/mol. The van der Waals surface area contributed by atoms with E-state index in [0.29, 0.717) is 5.75 Å². The maximum absolute atomic E-state index is 12.0. The number of nitro groups is 1. The van der Waals surface area contributed by atoms with E-state index in [2.05, 4.69) is 16.2 Å². The van der Waals surface area contributed by atoms with Gasteiger partial charge >= 0.3 is 0 Å². The number of nitrogens with zero attached hydrogens (tertiary/aromatic N) is 1. The van der Waals surface area contributed by atoms with Crippen molar-refractivity contribution in [2.75, 3.05) is 6.61 Å². The van der Waals surface area contributed by atoms with E-state index in [1.54, 1.807) is 24.3 Å². The van der Waals surface area contributed by atoms with E-state index in [9.17, 15) is 19.7 Å². The van der Waals surface area contributed by atoms with Gasteiger partial charge in [-0.2, -0.15) is 0 Å². The summed E-state index contributed by atoms with van der Waals surface area (Å²) in [6, 6.07) is 14.2. The topological polar surface area (TPSA) is 123 Å². The Morgan fingerprint density at radius 1 is 1.04 bits per heavy atom. The van der Waals surface area contributed by atoms with E-state index in [4.69, 9.17) is 17.0 Å². The molecule has 0 aliphatic heterocycles. The van der Waals surface area contributed by atoms with Gasteiger partial charge in [0.2, 0.25) is 0 Å². The zero-order valence-electron chi connectivity index (χ0n) is 13.3. The van der Waals surface area contributed by atoms with Crippen LogP contribution < -0.4 is 20.9 Å². The van der Waals surface area contributed by atoms with Crippen LogP contribution in [0.3, 0.4) is 0 Å². The fraction of sp³-hybridized carbons (Fsp3) is 0.0625. The van der Waals surface area contributed by atoms with E-state index in [-0.39, 0.29) is 23.0 Å². The van der Waals surface area contributed by atoms with E-state index < -0.39 is 16.7 Å². The molecule has 0 radical (unpaired) electrons. The molecule has 0 aliphatic rings. The first-order valence-corrected chi connectivity index (χ1v) is 7.69. The van der Waals surface area contributed by atoms with Gasteiger partial charge in [0.05, 0.1) is 4.92 Å². The van der Waals surface area contributed by atoms with Crippen LogP contribution in [0.15, 0.2) is 54.6 Å². The third kappa shape index (κ3) is 5.53. The molecule has 10 heteroatoms. The van der Waals surface area contributed by atoms with Gasteiger partial charge in [0.1, 0.15) is 11.3 Å². The van der Waals surface area contributed by atoms with Crippen molar-refractivity contribution in [3.8, 4) is 5.75 Å². The lowest BCUT2D eigenvalue weighted by Crippen LogP contribution is -2.49. The molecule has 2 rings (SSSR count). The molecule has 0 aromatic heterocycles. The number of carbonyl (C=O) groups is 2. The van der Waals surface area contributed by atoms with Gasteiger partial charge in [0.15, 0.2) is 11.7 Å². The van der Waals surface area contributed by atoms with Crippen LogP contribution in [-0.2, 0) is 4.79 Å². The van der Waals surface area contributed by atoms with Crippen LogP contribution in [0.25, 0.3) is 0 Å². The SMILES string of the molecule is O=C(COc1ccccc1)NC(=S)NNC(=O)c1ccccc1[N+](=O)[O-]. The first-order chi connectivity index (χ1) is 12.5. The van der Waals surface area contributed by atoms with Crippen molar-refractivity contribution in [2.45, 2.75) is 0 Å². The molecular formula is C16H14N4O5S. The second-order valence-electron chi connectivity index (χ2n) is 4.83. The Hall–Kier alpha value is -3.53. The molecule has 9 nitrogen and oxygen atoms in total. The van der Waals surface area contributed by atoms with E-state index in [1.165, 1.54) is 24.3 Å². The van der Waals surface area contributed by atoms with Crippen molar-refractivity contribution in [3.05, 3.63) is 70.3 Å². The number of nitrogens with one attached hydrogen (secondary N) is 3. The van der Waals surface area contributed by atoms with Crippen molar-refractivity contribution in [1.82, 2.24) is 16.2 Å². The molecule has 0 atom stereocenters. The van der Waals surface area contributed by atoms with E-state index in [1.807, 2.05) is 6.07 Å². The first-order valence-electron chi connectivity index (χ1n) is 7.29. The molecule has 0 aliphatic carbocycles. The monoisotopic (exact) mass is 374 g/mol. The minimum atomic E-state index is -0.769. The molecule has 2 aromatic carbocycles.